The second-order valence-corrected chi connectivity index (χ2v) is 4.60. The fraction of sp³-hybridized carbons (Fsp3) is 0.538. The quantitative estimate of drug-likeness (QED) is 0.823. The van der Waals surface area contributed by atoms with Crippen molar-refractivity contribution in [2.75, 3.05) is 7.11 Å². The molecule has 0 unspecified atom stereocenters. The van der Waals surface area contributed by atoms with Crippen molar-refractivity contribution < 1.29 is 4.74 Å². The van der Waals surface area contributed by atoms with E-state index in [1.54, 1.807) is 7.11 Å². The summed E-state index contributed by atoms with van der Waals surface area (Å²) in [6.45, 7) is 0. The molecule has 1 aromatic rings. The Kier molecular flexibility index (Phi) is 2.96. The molecule has 1 saturated carbocycles. The van der Waals surface area contributed by atoms with Crippen molar-refractivity contribution in [1.29, 1.82) is 0 Å². The molecule has 1 aromatic carbocycles. The Morgan fingerprint density at radius 1 is 1.33 bits per heavy atom. The number of methoxy groups -OCH3 is 1. The van der Waals surface area contributed by atoms with Gasteiger partial charge >= 0.3 is 0 Å². The fourth-order valence-corrected chi connectivity index (χ4v) is 2.44. The minimum absolute atomic E-state index is 0.0341. The van der Waals surface area contributed by atoms with Crippen LogP contribution in [0.2, 0.25) is 0 Å². The van der Waals surface area contributed by atoms with Crippen LogP contribution in [-0.2, 0) is 6.42 Å². The summed E-state index contributed by atoms with van der Waals surface area (Å²) in [6, 6.07) is 8.23. The van der Waals surface area contributed by atoms with E-state index in [1.807, 2.05) is 12.1 Å². The first-order valence-corrected chi connectivity index (χ1v) is 5.64. The summed E-state index contributed by atoms with van der Waals surface area (Å²) in [5.74, 6) is 0.925. The standard InChI is InChI=1S/C13H19NO/c1-15-12-6-4-5-11(9-12)10-13(14)7-2-3-8-13/h4-6,9H,2-3,7-8,10,14H2,1H3. The summed E-state index contributed by atoms with van der Waals surface area (Å²) >= 11 is 0. The van der Waals surface area contributed by atoms with Crippen molar-refractivity contribution >= 4 is 0 Å². The van der Waals surface area contributed by atoms with Crippen molar-refractivity contribution in [3.63, 3.8) is 0 Å². The van der Waals surface area contributed by atoms with E-state index in [0.717, 1.165) is 25.0 Å². The van der Waals surface area contributed by atoms with Crippen LogP contribution in [0.15, 0.2) is 24.3 Å². The maximum Gasteiger partial charge on any atom is 0.119 e. The molecule has 0 bridgehead atoms. The Bertz CT molecular complexity index is 329. The lowest BCUT2D eigenvalue weighted by molar-refractivity contribution is 0.410. The van der Waals surface area contributed by atoms with Gasteiger partial charge in [0, 0.05) is 5.54 Å². The van der Waals surface area contributed by atoms with Crippen LogP contribution in [0.4, 0.5) is 0 Å². The number of benzene rings is 1. The van der Waals surface area contributed by atoms with Crippen LogP contribution in [-0.4, -0.2) is 12.6 Å². The van der Waals surface area contributed by atoms with E-state index in [0.29, 0.717) is 0 Å². The second-order valence-electron chi connectivity index (χ2n) is 4.60. The van der Waals surface area contributed by atoms with Gasteiger partial charge in [0.25, 0.3) is 0 Å². The van der Waals surface area contributed by atoms with Crippen LogP contribution < -0.4 is 10.5 Å². The molecule has 1 aliphatic carbocycles. The first-order valence-electron chi connectivity index (χ1n) is 5.64. The highest BCUT2D eigenvalue weighted by Crippen LogP contribution is 2.30. The molecule has 1 fully saturated rings. The van der Waals surface area contributed by atoms with Crippen LogP contribution in [0.3, 0.4) is 0 Å². The molecule has 0 aromatic heterocycles. The SMILES string of the molecule is COc1cccc(CC2(N)CCCC2)c1. The van der Waals surface area contributed by atoms with E-state index in [1.165, 1.54) is 18.4 Å². The highest BCUT2D eigenvalue weighted by molar-refractivity contribution is 5.29. The molecule has 0 radical (unpaired) electrons. The molecule has 82 valence electrons. The number of ether oxygens (including phenoxy) is 1. The highest BCUT2D eigenvalue weighted by atomic mass is 16.5. The van der Waals surface area contributed by atoms with Gasteiger partial charge in [-0.2, -0.15) is 0 Å². The number of hydrogen-bond donors (Lipinski definition) is 1. The van der Waals surface area contributed by atoms with Gasteiger partial charge in [-0.05, 0) is 37.0 Å². The molecule has 0 heterocycles. The minimum atomic E-state index is 0.0341. The van der Waals surface area contributed by atoms with E-state index in [2.05, 4.69) is 12.1 Å². The molecule has 1 aliphatic rings. The molecular formula is C13H19NO. The second kappa shape index (κ2) is 4.23. The fourth-order valence-electron chi connectivity index (χ4n) is 2.44. The molecule has 2 heteroatoms. The van der Waals surface area contributed by atoms with Crippen LogP contribution in [0.25, 0.3) is 0 Å². The van der Waals surface area contributed by atoms with Gasteiger partial charge in [-0.3, -0.25) is 0 Å². The average Bonchev–Trinajstić information content (AvgIpc) is 2.65. The molecule has 0 saturated heterocycles. The van der Waals surface area contributed by atoms with E-state index in [-0.39, 0.29) is 5.54 Å². The van der Waals surface area contributed by atoms with Crippen molar-refractivity contribution in [3.8, 4) is 5.75 Å². The third-order valence-corrected chi connectivity index (χ3v) is 3.29. The Morgan fingerprint density at radius 2 is 2.07 bits per heavy atom. The van der Waals surface area contributed by atoms with E-state index >= 15 is 0 Å². The summed E-state index contributed by atoms with van der Waals surface area (Å²) in [6.07, 6.45) is 5.85. The topological polar surface area (TPSA) is 35.2 Å². The van der Waals surface area contributed by atoms with Gasteiger partial charge in [0.2, 0.25) is 0 Å². The van der Waals surface area contributed by atoms with Crippen molar-refractivity contribution in [3.05, 3.63) is 29.8 Å². The van der Waals surface area contributed by atoms with Gasteiger partial charge in [-0.15, -0.1) is 0 Å². The molecule has 0 aliphatic heterocycles. The monoisotopic (exact) mass is 205 g/mol. The van der Waals surface area contributed by atoms with Crippen LogP contribution >= 0.6 is 0 Å². The van der Waals surface area contributed by atoms with Crippen LogP contribution in [0.5, 0.6) is 5.75 Å². The largest absolute Gasteiger partial charge is 0.497 e. The molecule has 0 spiro atoms. The summed E-state index contributed by atoms with van der Waals surface area (Å²) in [5, 5.41) is 0. The van der Waals surface area contributed by atoms with Gasteiger partial charge in [0.15, 0.2) is 0 Å². The average molecular weight is 205 g/mol. The first kappa shape index (κ1) is 10.5. The lowest BCUT2D eigenvalue weighted by Gasteiger charge is -2.23. The number of rotatable bonds is 3. The minimum Gasteiger partial charge on any atom is -0.497 e. The Balaban J connectivity index is 2.09. The Labute approximate surface area is 91.4 Å². The van der Waals surface area contributed by atoms with Gasteiger partial charge in [0.05, 0.1) is 7.11 Å². The summed E-state index contributed by atoms with van der Waals surface area (Å²) in [4.78, 5) is 0. The van der Waals surface area contributed by atoms with Crippen molar-refractivity contribution in [2.45, 2.75) is 37.6 Å². The highest BCUT2D eigenvalue weighted by Gasteiger charge is 2.29. The van der Waals surface area contributed by atoms with Crippen molar-refractivity contribution in [2.24, 2.45) is 5.73 Å². The zero-order chi connectivity index (χ0) is 10.7. The van der Waals surface area contributed by atoms with Crippen molar-refractivity contribution in [1.82, 2.24) is 0 Å². The lowest BCUT2D eigenvalue weighted by Crippen LogP contribution is -2.38. The van der Waals surface area contributed by atoms with Crippen LogP contribution in [0, 0.1) is 0 Å². The first-order chi connectivity index (χ1) is 7.22. The Morgan fingerprint density at radius 3 is 2.73 bits per heavy atom. The van der Waals surface area contributed by atoms with Gasteiger partial charge < -0.3 is 10.5 Å². The number of hydrogen-bond acceptors (Lipinski definition) is 2. The third kappa shape index (κ3) is 2.51. The summed E-state index contributed by atoms with van der Waals surface area (Å²) in [5.41, 5.74) is 7.67. The predicted molar refractivity (Wildman–Crippen MR) is 62.1 cm³/mol. The van der Waals surface area contributed by atoms with Gasteiger partial charge in [-0.25, -0.2) is 0 Å². The molecule has 2 rings (SSSR count). The predicted octanol–water partition coefficient (Wildman–Crippen LogP) is 2.51. The zero-order valence-electron chi connectivity index (χ0n) is 9.33. The van der Waals surface area contributed by atoms with Gasteiger partial charge in [0.1, 0.15) is 5.75 Å². The third-order valence-electron chi connectivity index (χ3n) is 3.29. The van der Waals surface area contributed by atoms with E-state index in [9.17, 15) is 0 Å². The molecule has 0 atom stereocenters. The molecule has 2 N–H and O–H groups in total. The maximum atomic E-state index is 6.34. The van der Waals surface area contributed by atoms with Crippen LogP contribution in [0.1, 0.15) is 31.2 Å². The zero-order valence-corrected chi connectivity index (χ0v) is 9.33. The summed E-state index contributed by atoms with van der Waals surface area (Å²) in [7, 11) is 1.70. The molecule has 0 amide bonds. The molecule has 2 nitrogen and oxygen atoms in total. The van der Waals surface area contributed by atoms with E-state index in [4.69, 9.17) is 10.5 Å². The Hall–Kier alpha value is -1.02. The molecular weight excluding hydrogens is 186 g/mol. The maximum absolute atomic E-state index is 6.34. The number of nitrogens with two attached hydrogens (primary N) is 1. The molecule has 15 heavy (non-hydrogen) atoms. The normalized spacial score (nSPS) is 19.1. The summed E-state index contributed by atoms with van der Waals surface area (Å²) < 4.78 is 5.21. The van der Waals surface area contributed by atoms with Gasteiger partial charge in [-0.1, -0.05) is 25.0 Å². The van der Waals surface area contributed by atoms with E-state index < -0.39 is 0 Å². The smallest absolute Gasteiger partial charge is 0.119 e. The lowest BCUT2D eigenvalue weighted by atomic mass is 9.90.